The molecular weight excluding hydrogens is 282 g/mol. The minimum absolute atomic E-state index is 0.0258. The molecule has 0 spiro atoms. The molecule has 2 amide bonds. The number of hydrogen-bond donors (Lipinski definition) is 0. The van der Waals surface area contributed by atoms with Crippen LogP contribution in [0.1, 0.15) is 24.8 Å². The van der Waals surface area contributed by atoms with Gasteiger partial charge in [0.2, 0.25) is 11.8 Å². The van der Waals surface area contributed by atoms with Gasteiger partial charge < -0.3 is 0 Å². The molecule has 2 rings (SSSR count). The summed E-state index contributed by atoms with van der Waals surface area (Å²) >= 11 is 3.49. The molecule has 1 aliphatic heterocycles. The van der Waals surface area contributed by atoms with Crippen LogP contribution >= 0.6 is 15.9 Å². The van der Waals surface area contributed by atoms with Crippen molar-refractivity contribution < 1.29 is 9.59 Å². The Labute approximate surface area is 109 Å². The van der Waals surface area contributed by atoms with Gasteiger partial charge in [-0.15, -0.1) is 0 Å². The lowest BCUT2D eigenvalue weighted by atomic mass is 10.1. The van der Waals surface area contributed by atoms with E-state index in [1.807, 2.05) is 18.2 Å². The fourth-order valence-corrected chi connectivity index (χ4v) is 2.48. The van der Waals surface area contributed by atoms with E-state index in [0.717, 1.165) is 17.3 Å². The summed E-state index contributed by atoms with van der Waals surface area (Å²) in [5.74, 6) is -0.0516. The van der Waals surface area contributed by atoms with Crippen LogP contribution in [0.5, 0.6) is 0 Å². The van der Waals surface area contributed by atoms with Crippen LogP contribution in [-0.4, -0.2) is 23.3 Å². The number of amides is 2. The number of aryl methyl sites for hydroxylation is 1. The Balaban J connectivity index is 1.86. The smallest absolute Gasteiger partial charge is 0.229 e. The van der Waals surface area contributed by atoms with Gasteiger partial charge in [-0.2, -0.15) is 0 Å². The van der Waals surface area contributed by atoms with Crippen LogP contribution in [0.15, 0.2) is 28.7 Å². The van der Waals surface area contributed by atoms with Crippen molar-refractivity contribution in [2.24, 2.45) is 0 Å². The van der Waals surface area contributed by atoms with Crippen molar-refractivity contribution in [3.05, 3.63) is 34.3 Å². The minimum atomic E-state index is -0.0258. The van der Waals surface area contributed by atoms with Crippen LogP contribution in [0, 0.1) is 0 Å². The van der Waals surface area contributed by atoms with Crippen molar-refractivity contribution in [1.29, 1.82) is 0 Å². The largest absolute Gasteiger partial charge is 0.283 e. The molecule has 0 unspecified atom stereocenters. The molecule has 17 heavy (non-hydrogen) atoms. The maximum atomic E-state index is 11.4. The van der Waals surface area contributed by atoms with Crippen LogP contribution in [0.3, 0.4) is 0 Å². The van der Waals surface area contributed by atoms with Gasteiger partial charge in [0.25, 0.3) is 0 Å². The summed E-state index contributed by atoms with van der Waals surface area (Å²) in [6, 6.07) is 8.02. The van der Waals surface area contributed by atoms with Crippen molar-refractivity contribution in [2.45, 2.75) is 25.7 Å². The fourth-order valence-electron chi connectivity index (χ4n) is 2.00. The summed E-state index contributed by atoms with van der Waals surface area (Å²) in [5.41, 5.74) is 1.21. The number of nitrogens with zero attached hydrogens (tertiary/aromatic N) is 1. The zero-order chi connectivity index (χ0) is 12.3. The molecule has 1 aromatic rings. The van der Waals surface area contributed by atoms with E-state index in [0.29, 0.717) is 19.4 Å². The van der Waals surface area contributed by atoms with E-state index >= 15 is 0 Å². The molecule has 0 radical (unpaired) electrons. The standard InChI is InChI=1S/C13H14BrNO2/c14-11-6-2-1-4-10(11)5-3-9-15-12(16)7-8-13(15)17/h1-2,4,6H,3,5,7-9H2. The topological polar surface area (TPSA) is 37.4 Å². The third-order valence-electron chi connectivity index (χ3n) is 2.94. The molecule has 4 heteroatoms. The van der Waals surface area contributed by atoms with Crippen LogP contribution < -0.4 is 0 Å². The van der Waals surface area contributed by atoms with Crippen molar-refractivity contribution in [1.82, 2.24) is 4.90 Å². The van der Waals surface area contributed by atoms with Gasteiger partial charge in [-0.25, -0.2) is 0 Å². The summed E-state index contributed by atoms with van der Waals surface area (Å²) in [4.78, 5) is 24.2. The number of halogens is 1. The quantitative estimate of drug-likeness (QED) is 0.801. The molecule has 90 valence electrons. The lowest BCUT2D eigenvalue weighted by molar-refractivity contribution is -0.138. The van der Waals surface area contributed by atoms with E-state index in [1.165, 1.54) is 10.5 Å². The fraction of sp³-hybridized carbons (Fsp3) is 0.385. The molecular formula is C13H14BrNO2. The first-order valence-corrected chi connectivity index (χ1v) is 6.54. The molecule has 0 bridgehead atoms. The van der Waals surface area contributed by atoms with Crippen LogP contribution in [0.2, 0.25) is 0 Å². The van der Waals surface area contributed by atoms with E-state index in [9.17, 15) is 9.59 Å². The molecule has 0 aliphatic carbocycles. The van der Waals surface area contributed by atoms with Crippen molar-refractivity contribution >= 4 is 27.7 Å². The number of imide groups is 1. The molecule has 0 aromatic heterocycles. The first kappa shape index (κ1) is 12.3. The molecule has 1 heterocycles. The highest BCUT2D eigenvalue weighted by Gasteiger charge is 2.27. The first-order valence-electron chi connectivity index (χ1n) is 5.75. The normalized spacial score (nSPS) is 15.7. The summed E-state index contributed by atoms with van der Waals surface area (Å²) < 4.78 is 1.08. The lowest BCUT2D eigenvalue weighted by Crippen LogP contribution is -2.30. The van der Waals surface area contributed by atoms with Gasteiger partial charge in [0.1, 0.15) is 0 Å². The van der Waals surface area contributed by atoms with Gasteiger partial charge in [-0.05, 0) is 24.5 Å². The van der Waals surface area contributed by atoms with Gasteiger partial charge in [0.15, 0.2) is 0 Å². The number of hydrogen-bond acceptors (Lipinski definition) is 2. The van der Waals surface area contributed by atoms with E-state index < -0.39 is 0 Å². The highest BCUT2D eigenvalue weighted by molar-refractivity contribution is 9.10. The monoisotopic (exact) mass is 295 g/mol. The van der Waals surface area contributed by atoms with Gasteiger partial charge in [-0.1, -0.05) is 34.1 Å². The number of benzene rings is 1. The Morgan fingerprint density at radius 2 is 1.76 bits per heavy atom. The van der Waals surface area contributed by atoms with E-state index in [4.69, 9.17) is 0 Å². The molecule has 1 fully saturated rings. The Bertz CT molecular complexity index is 429. The number of likely N-dealkylation sites (tertiary alicyclic amines) is 1. The van der Waals surface area contributed by atoms with Gasteiger partial charge >= 0.3 is 0 Å². The summed E-state index contributed by atoms with van der Waals surface area (Å²) in [5, 5.41) is 0. The van der Waals surface area contributed by atoms with Gasteiger partial charge in [0.05, 0.1) is 0 Å². The number of carbonyl (C=O) groups is 2. The third-order valence-corrected chi connectivity index (χ3v) is 3.71. The Morgan fingerprint density at radius 3 is 2.41 bits per heavy atom. The zero-order valence-electron chi connectivity index (χ0n) is 9.49. The molecule has 1 aliphatic rings. The third kappa shape index (κ3) is 2.94. The zero-order valence-corrected chi connectivity index (χ0v) is 11.1. The Morgan fingerprint density at radius 1 is 1.12 bits per heavy atom. The molecule has 1 aromatic carbocycles. The lowest BCUT2D eigenvalue weighted by Gasteiger charge is -2.13. The van der Waals surface area contributed by atoms with E-state index in [1.54, 1.807) is 0 Å². The predicted octanol–water partition coefficient (Wildman–Crippen LogP) is 2.53. The summed E-state index contributed by atoms with van der Waals surface area (Å²) in [6.45, 7) is 0.541. The second-order valence-electron chi connectivity index (χ2n) is 4.13. The first-order chi connectivity index (χ1) is 8.18. The highest BCUT2D eigenvalue weighted by Crippen LogP contribution is 2.18. The molecule has 0 N–H and O–H groups in total. The van der Waals surface area contributed by atoms with Crippen LogP contribution in [-0.2, 0) is 16.0 Å². The molecule has 3 nitrogen and oxygen atoms in total. The van der Waals surface area contributed by atoms with E-state index in [-0.39, 0.29) is 11.8 Å². The van der Waals surface area contributed by atoms with Crippen molar-refractivity contribution in [2.75, 3.05) is 6.54 Å². The average molecular weight is 296 g/mol. The SMILES string of the molecule is O=C1CCC(=O)N1CCCc1ccccc1Br. The Hall–Kier alpha value is -1.16. The van der Waals surface area contributed by atoms with Crippen LogP contribution in [0.4, 0.5) is 0 Å². The maximum absolute atomic E-state index is 11.4. The van der Waals surface area contributed by atoms with Gasteiger partial charge in [0, 0.05) is 23.9 Å². The molecule has 0 atom stereocenters. The van der Waals surface area contributed by atoms with E-state index in [2.05, 4.69) is 22.0 Å². The highest BCUT2D eigenvalue weighted by atomic mass is 79.9. The maximum Gasteiger partial charge on any atom is 0.229 e. The molecule has 0 saturated carbocycles. The Kier molecular flexibility index (Phi) is 3.94. The molecule has 1 saturated heterocycles. The van der Waals surface area contributed by atoms with Gasteiger partial charge in [-0.3, -0.25) is 14.5 Å². The van der Waals surface area contributed by atoms with Crippen molar-refractivity contribution in [3.63, 3.8) is 0 Å². The van der Waals surface area contributed by atoms with Crippen LogP contribution in [0.25, 0.3) is 0 Å². The summed E-state index contributed by atoms with van der Waals surface area (Å²) in [7, 11) is 0. The number of carbonyl (C=O) groups excluding carboxylic acids is 2. The summed E-state index contributed by atoms with van der Waals surface area (Å²) in [6.07, 6.45) is 2.46. The minimum Gasteiger partial charge on any atom is -0.283 e. The number of rotatable bonds is 4. The second-order valence-corrected chi connectivity index (χ2v) is 4.99. The predicted molar refractivity (Wildman–Crippen MR) is 68.4 cm³/mol. The van der Waals surface area contributed by atoms with Crippen molar-refractivity contribution in [3.8, 4) is 0 Å². The average Bonchev–Trinajstić information content (AvgIpc) is 2.63. The second kappa shape index (κ2) is 5.45.